The largest absolute Gasteiger partial charge is 0.460 e. The molecule has 4 atom stereocenters. The molecule has 0 radical (unpaired) electrons. The Kier molecular flexibility index (Phi) is 7.18. The van der Waals surface area contributed by atoms with E-state index in [9.17, 15) is 14.4 Å². The van der Waals surface area contributed by atoms with Gasteiger partial charge in [-0.05, 0) is 11.1 Å². The van der Waals surface area contributed by atoms with Crippen molar-refractivity contribution in [1.29, 1.82) is 0 Å². The third-order valence-corrected chi connectivity index (χ3v) is 6.81. The van der Waals surface area contributed by atoms with Crippen LogP contribution in [0.3, 0.4) is 0 Å². The van der Waals surface area contributed by atoms with E-state index in [1.807, 2.05) is 30.3 Å². The Labute approximate surface area is 197 Å². The highest BCUT2D eigenvalue weighted by atomic mass is 35.6. The molecule has 1 N–H and O–H groups in total. The number of hydrogen-bond donors (Lipinski definition) is 1. The van der Waals surface area contributed by atoms with E-state index in [4.69, 9.17) is 45.1 Å². The molecule has 0 aliphatic carbocycles. The zero-order valence-corrected chi connectivity index (χ0v) is 19.3. The Morgan fingerprint density at radius 3 is 2.68 bits per heavy atom. The van der Waals surface area contributed by atoms with Crippen LogP contribution in [0.15, 0.2) is 35.4 Å². The number of amides is 2. The molecule has 1 aromatic rings. The molecule has 0 saturated carbocycles. The number of fused-ring (bicyclic) bond motifs is 1. The maximum Gasteiger partial charge on any atom is 0.329 e. The van der Waals surface area contributed by atoms with Gasteiger partial charge in [-0.15, -0.1) is 11.8 Å². The summed E-state index contributed by atoms with van der Waals surface area (Å²) in [6.45, 7) is 1.02. The third kappa shape index (κ3) is 5.32. The van der Waals surface area contributed by atoms with E-state index < -0.39 is 45.3 Å². The first-order valence-electron chi connectivity index (χ1n) is 9.12. The van der Waals surface area contributed by atoms with E-state index in [2.05, 4.69) is 15.3 Å². The first-order chi connectivity index (χ1) is 14.6. The molecule has 2 aliphatic rings. The lowest BCUT2D eigenvalue weighted by Gasteiger charge is -2.56. The van der Waals surface area contributed by atoms with E-state index in [1.54, 1.807) is 6.92 Å². The summed E-state index contributed by atoms with van der Waals surface area (Å²) in [5, 5.41) is 5.94. The number of nitrogens with one attached hydrogen (secondary N) is 1. The van der Waals surface area contributed by atoms with Gasteiger partial charge < -0.3 is 15.0 Å². The second-order valence-corrected chi connectivity index (χ2v) is 10.9. The van der Waals surface area contributed by atoms with Gasteiger partial charge >= 0.3 is 5.97 Å². The summed E-state index contributed by atoms with van der Waals surface area (Å²) in [5.41, 5.74) is 8.50. The molecule has 31 heavy (non-hydrogen) atoms. The van der Waals surface area contributed by atoms with Crippen molar-refractivity contribution < 1.29 is 19.1 Å². The molecule has 2 amide bonds. The van der Waals surface area contributed by atoms with Gasteiger partial charge in [-0.25, -0.2) is 4.79 Å². The Morgan fingerprint density at radius 2 is 2.06 bits per heavy atom. The van der Waals surface area contributed by atoms with Crippen molar-refractivity contribution in [2.75, 3.05) is 12.4 Å². The Morgan fingerprint density at radius 1 is 1.39 bits per heavy atom. The average molecular weight is 507 g/mol. The average Bonchev–Trinajstić information content (AvgIpc) is 2.70. The second-order valence-electron chi connectivity index (χ2n) is 7.33. The molecule has 2 saturated heterocycles. The van der Waals surface area contributed by atoms with Crippen LogP contribution in [0.1, 0.15) is 12.5 Å². The zero-order chi connectivity index (χ0) is 22.8. The third-order valence-electron chi connectivity index (χ3n) is 4.89. The number of esters is 1. The lowest BCUT2D eigenvalue weighted by Crippen LogP contribution is -2.78. The number of nitrogens with zero attached hydrogens (tertiary/aromatic N) is 4. The Hall–Kier alpha value is -1.84. The van der Waals surface area contributed by atoms with E-state index in [-0.39, 0.29) is 18.1 Å². The van der Waals surface area contributed by atoms with Gasteiger partial charge in [0.25, 0.3) is 0 Å². The molecule has 1 aromatic carbocycles. The van der Waals surface area contributed by atoms with E-state index in [0.29, 0.717) is 0 Å². The summed E-state index contributed by atoms with van der Waals surface area (Å²) < 4.78 is 3.24. The molecule has 0 aromatic heterocycles. The molecule has 2 aliphatic heterocycles. The van der Waals surface area contributed by atoms with Gasteiger partial charge in [0.05, 0.1) is 12.0 Å². The SMILES string of the molecule is CC1(N=[N+]=[N-])CS[C@H]2C(NC(=O)Cc3ccccc3)C(=O)N2C1C(=O)OCC(Cl)(Cl)Cl. The molecule has 3 unspecified atom stereocenters. The highest BCUT2D eigenvalue weighted by molar-refractivity contribution is 8.00. The Balaban J connectivity index is 1.74. The van der Waals surface area contributed by atoms with Crippen LogP contribution in [0.25, 0.3) is 10.4 Å². The fourth-order valence-electron chi connectivity index (χ4n) is 3.49. The van der Waals surface area contributed by atoms with Crippen molar-refractivity contribution in [3.63, 3.8) is 0 Å². The number of β-lactam (4-membered cyclic amide) rings is 1. The number of rotatable bonds is 6. The molecule has 166 valence electrons. The van der Waals surface area contributed by atoms with Crippen LogP contribution in [-0.2, 0) is 25.5 Å². The minimum atomic E-state index is -1.83. The van der Waals surface area contributed by atoms with Gasteiger partial charge in [0.15, 0.2) is 0 Å². The maximum absolute atomic E-state index is 12.9. The van der Waals surface area contributed by atoms with Crippen LogP contribution in [0.5, 0.6) is 0 Å². The van der Waals surface area contributed by atoms with Crippen molar-refractivity contribution in [2.24, 2.45) is 5.11 Å². The number of azide groups is 1. The van der Waals surface area contributed by atoms with Gasteiger partial charge in [0.2, 0.25) is 15.6 Å². The summed E-state index contributed by atoms with van der Waals surface area (Å²) >= 11 is 18.2. The molecule has 2 fully saturated rings. The predicted octanol–water partition coefficient (Wildman–Crippen LogP) is 2.98. The summed E-state index contributed by atoms with van der Waals surface area (Å²) in [6.07, 6.45) is 0.118. The number of ether oxygens (including phenoxy) is 1. The first kappa shape index (κ1) is 23.8. The lowest BCUT2D eigenvalue weighted by atomic mass is 9.89. The second kappa shape index (κ2) is 9.34. The molecular formula is C18H18Cl3N5O4S. The highest BCUT2D eigenvalue weighted by Crippen LogP contribution is 2.44. The normalized spacial score (nSPS) is 27.4. The minimum Gasteiger partial charge on any atom is -0.460 e. The summed E-state index contributed by atoms with van der Waals surface area (Å²) in [7, 11) is 0. The fourth-order valence-corrected chi connectivity index (χ4v) is 5.14. The fraction of sp³-hybridized carbons (Fsp3) is 0.500. The number of halogens is 3. The standard InChI is InChI=1S/C18H18Cl3N5O4S/c1-17(24-25-22)9-31-15-12(23-11(27)7-10-5-3-2-4-6-10)14(28)26(15)13(17)16(29)30-8-18(19,20)21/h2-6,12-13,15H,7-9H2,1H3,(H,23,27)/t12?,13?,15-,17?/m0/s1. The highest BCUT2D eigenvalue weighted by Gasteiger charge is 2.61. The molecule has 0 spiro atoms. The maximum atomic E-state index is 12.9. The molecular weight excluding hydrogens is 489 g/mol. The first-order valence-corrected chi connectivity index (χ1v) is 11.3. The van der Waals surface area contributed by atoms with E-state index >= 15 is 0 Å². The Bertz CT molecular complexity index is 925. The van der Waals surface area contributed by atoms with Crippen molar-refractivity contribution in [3.05, 3.63) is 46.3 Å². The van der Waals surface area contributed by atoms with Crippen LogP contribution in [0.2, 0.25) is 0 Å². The zero-order valence-electron chi connectivity index (χ0n) is 16.2. The van der Waals surface area contributed by atoms with Crippen molar-refractivity contribution in [1.82, 2.24) is 10.2 Å². The topological polar surface area (TPSA) is 124 Å². The van der Waals surface area contributed by atoms with E-state index in [1.165, 1.54) is 16.7 Å². The van der Waals surface area contributed by atoms with Gasteiger partial charge in [-0.1, -0.05) is 77.2 Å². The molecule has 9 nitrogen and oxygen atoms in total. The van der Waals surface area contributed by atoms with Crippen LogP contribution in [0.4, 0.5) is 0 Å². The van der Waals surface area contributed by atoms with Crippen LogP contribution >= 0.6 is 46.6 Å². The molecule has 13 heteroatoms. The van der Waals surface area contributed by atoms with Crippen molar-refractivity contribution in [3.8, 4) is 0 Å². The molecule has 0 bridgehead atoms. The number of carbonyl (C=O) groups excluding carboxylic acids is 3. The van der Waals surface area contributed by atoms with Crippen LogP contribution < -0.4 is 5.32 Å². The summed E-state index contributed by atoms with van der Waals surface area (Å²) in [4.78, 5) is 42.1. The lowest BCUT2D eigenvalue weighted by molar-refractivity contribution is -0.168. The predicted molar refractivity (Wildman–Crippen MR) is 118 cm³/mol. The summed E-state index contributed by atoms with van der Waals surface area (Å²) in [6, 6.07) is 7.09. The number of carbonyl (C=O) groups is 3. The van der Waals surface area contributed by atoms with Crippen molar-refractivity contribution in [2.45, 2.75) is 40.1 Å². The smallest absolute Gasteiger partial charge is 0.329 e. The number of alkyl halides is 3. The monoisotopic (exact) mass is 505 g/mol. The van der Waals surface area contributed by atoms with Crippen LogP contribution in [-0.4, -0.2) is 61.8 Å². The van der Waals surface area contributed by atoms with Gasteiger partial charge in [-0.3, -0.25) is 9.59 Å². The number of benzene rings is 1. The van der Waals surface area contributed by atoms with Gasteiger partial charge in [-0.2, -0.15) is 0 Å². The minimum absolute atomic E-state index is 0.118. The molecule has 3 rings (SSSR count). The van der Waals surface area contributed by atoms with Gasteiger partial charge in [0, 0.05) is 10.7 Å². The quantitative estimate of drug-likeness (QED) is 0.159. The van der Waals surface area contributed by atoms with Crippen molar-refractivity contribution >= 4 is 64.3 Å². The molecule has 2 heterocycles. The number of hydrogen-bond acceptors (Lipinski definition) is 6. The van der Waals surface area contributed by atoms with E-state index in [0.717, 1.165) is 5.56 Å². The van der Waals surface area contributed by atoms with Gasteiger partial charge in [0.1, 0.15) is 24.1 Å². The summed E-state index contributed by atoms with van der Waals surface area (Å²) in [5.74, 6) is -1.42. The number of thioether (sulfide) groups is 1. The van der Waals surface area contributed by atoms with Crippen LogP contribution in [0, 0.1) is 0 Å².